The zero-order chi connectivity index (χ0) is 16.4. The van der Waals surface area contributed by atoms with Crippen LogP contribution in [0.2, 0.25) is 0 Å². The Balaban J connectivity index is 3.28. The summed E-state index contributed by atoms with van der Waals surface area (Å²) in [7, 11) is 0. The first-order valence-corrected chi connectivity index (χ1v) is 7.71. The molecule has 1 N–H and O–H groups in total. The van der Waals surface area contributed by atoms with Crippen LogP contribution in [0.5, 0.6) is 0 Å². The lowest BCUT2D eigenvalue weighted by atomic mass is 9.83. The number of hydrogen-bond acceptors (Lipinski definition) is 2. The van der Waals surface area contributed by atoms with Gasteiger partial charge in [0.1, 0.15) is 0 Å². The van der Waals surface area contributed by atoms with Crippen molar-refractivity contribution >= 4 is 5.91 Å². The van der Waals surface area contributed by atoms with Crippen molar-refractivity contribution in [1.82, 2.24) is 4.90 Å². The summed E-state index contributed by atoms with van der Waals surface area (Å²) < 4.78 is 0. The van der Waals surface area contributed by atoms with Crippen LogP contribution in [0.4, 0.5) is 0 Å². The topological polar surface area (TPSA) is 40.5 Å². The molecule has 0 aliphatic carbocycles. The van der Waals surface area contributed by atoms with Crippen molar-refractivity contribution in [1.29, 1.82) is 0 Å². The summed E-state index contributed by atoms with van der Waals surface area (Å²) in [5, 5.41) is 10.3. The van der Waals surface area contributed by atoms with Gasteiger partial charge in [-0.15, -0.1) is 0 Å². The Kier molecular flexibility index (Phi) is 5.57. The van der Waals surface area contributed by atoms with E-state index in [0.717, 1.165) is 5.56 Å². The molecule has 0 bridgehead atoms. The van der Waals surface area contributed by atoms with Crippen molar-refractivity contribution in [2.24, 2.45) is 0 Å². The number of nitrogens with zero attached hydrogens (tertiary/aromatic N) is 1. The molecule has 3 nitrogen and oxygen atoms in total. The largest absolute Gasteiger partial charge is 0.390 e. The molecule has 118 valence electrons. The monoisotopic (exact) mass is 291 g/mol. The molecule has 0 saturated heterocycles. The first-order valence-electron chi connectivity index (χ1n) is 7.71. The highest BCUT2D eigenvalue weighted by Crippen LogP contribution is 2.30. The van der Waals surface area contributed by atoms with E-state index in [1.54, 1.807) is 13.8 Å². The molecule has 1 amide bonds. The van der Waals surface area contributed by atoms with Crippen LogP contribution in [0.3, 0.4) is 0 Å². The third-order valence-corrected chi connectivity index (χ3v) is 4.06. The molecule has 21 heavy (non-hydrogen) atoms. The third-order valence-electron chi connectivity index (χ3n) is 4.06. The van der Waals surface area contributed by atoms with Crippen molar-refractivity contribution < 1.29 is 9.90 Å². The Hall–Kier alpha value is -1.35. The van der Waals surface area contributed by atoms with E-state index < -0.39 is 5.60 Å². The van der Waals surface area contributed by atoms with Crippen molar-refractivity contribution in [2.45, 2.75) is 72.1 Å². The number of benzene rings is 1. The van der Waals surface area contributed by atoms with Gasteiger partial charge < -0.3 is 10.0 Å². The summed E-state index contributed by atoms with van der Waals surface area (Å²) in [6, 6.07) is 7.88. The number of rotatable bonds is 5. The van der Waals surface area contributed by atoms with Crippen LogP contribution in [-0.4, -0.2) is 33.6 Å². The zero-order valence-corrected chi connectivity index (χ0v) is 14.3. The molecule has 0 aliphatic heterocycles. The van der Waals surface area contributed by atoms with E-state index >= 15 is 0 Å². The molecule has 0 spiro atoms. The second kappa shape index (κ2) is 6.61. The average Bonchev–Trinajstić information content (AvgIpc) is 2.35. The third kappa shape index (κ3) is 4.07. The van der Waals surface area contributed by atoms with Gasteiger partial charge in [0.2, 0.25) is 0 Å². The Labute approximate surface area is 129 Å². The van der Waals surface area contributed by atoms with E-state index in [4.69, 9.17) is 0 Å². The highest BCUT2D eigenvalue weighted by atomic mass is 16.3. The molecule has 0 saturated carbocycles. The first-order chi connectivity index (χ1) is 9.57. The Morgan fingerprint density at radius 3 is 1.95 bits per heavy atom. The molecule has 1 aromatic rings. The summed E-state index contributed by atoms with van der Waals surface area (Å²) >= 11 is 0. The van der Waals surface area contributed by atoms with Crippen LogP contribution in [0.15, 0.2) is 24.3 Å². The summed E-state index contributed by atoms with van der Waals surface area (Å²) in [6.45, 7) is 13.6. The molecular formula is C18H29NO2. The fourth-order valence-corrected chi connectivity index (χ4v) is 2.65. The number of carbonyl (C=O) groups is 1. The van der Waals surface area contributed by atoms with Gasteiger partial charge in [-0.05, 0) is 53.2 Å². The number of carbonyl (C=O) groups excluding carboxylic acids is 1. The van der Waals surface area contributed by atoms with E-state index in [1.807, 2.05) is 63.8 Å². The maximum atomic E-state index is 12.9. The van der Waals surface area contributed by atoms with Gasteiger partial charge >= 0.3 is 0 Å². The molecular weight excluding hydrogens is 262 g/mol. The van der Waals surface area contributed by atoms with Crippen molar-refractivity contribution in [3.8, 4) is 0 Å². The van der Waals surface area contributed by atoms with Gasteiger partial charge in [-0.2, -0.15) is 0 Å². The fraction of sp³-hybridized carbons (Fsp3) is 0.611. The zero-order valence-electron chi connectivity index (χ0n) is 14.3. The molecule has 0 unspecified atom stereocenters. The molecule has 0 radical (unpaired) electrons. The molecule has 0 aliphatic rings. The maximum Gasteiger partial charge on any atom is 0.254 e. The SMILES string of the molecule is CC(C)N(C(=O)c1ccccc1[C@@H](C)C(C)(C)O)C(C)C. The van der Waals surface area contributed by atoms with Gasteiger partial charge in [-0.25, -0.2) is 0 Å². The highest BCUT2D eigenvalue weighted by Gasteiger charge is 2.30. The van der Waals surface area contributed by atoms with E-state index in [0.29, 0.717) is 5.56 Å². The van der Waals surface area contributed by atoms with Crippen LogP contribution < -0.4 is 0 Å². The lowest BCUT2D eigenvalue weighted by Crippen LogP contribution is -2.42. The summed E-state index contributed by atoms with van der Waals surface area (Å²) in [6.07, 6.45) is 0. The quantitative estimate of drug-likeness (QED) is 0.896. The molecule has 0 fully saturated rings. The van der Waals surface area contributed by atoms with Crippen LogP contribution >= 0.6 is 0 Å². The van der Waals surface area contributed by atoms with Crippen LogP contribution in [0, 0.1) is 0 Å². The van der Waals surface area contributed by atoms with Gasteiger partial charge in [0.25, 0.3) is 5.91 Å². The van der Waals surface area contributed by atoms with Gasteiger partial charge in [-0.1, -0.05) is 25.1 Å². The van der Waals surface area contributed by atoms with E-state index in [2.05, 4.69) is 0 Å². The van der Waals surface area contributed by atoms with E-state index in [-0.39, 0.29) is 23.9 Å². The highest BCUT2D eigenvalue weighted by molar-refractivity contribution is 5.96. The van der Waals surface area contributed by atoms with Gasteiger partial charge in [0.05, 0.1) is 5.60 Å². The fourth-order valence-electron chi connectivity index (χ4n) is 2.65. The van der Waals surface area contributed by atoms with Crippen molar-refractivity contribution in [3.63, 3.8) is 0 Å². The summed E-state index contributed by atoms with van der Waals surface area (Å²) in [4.78, 5) is 14.8. The molecule has 1 atom stereocenters. The molecule has 0 heterocycles. The normalized spacial score (nSPS) is 13.6. The minimum Gasteiger partial charge on any atom is -0.390 e. The second-order valence-electron chi connectivity index (χ2n) is 6.86. The Morgan fingerprint density at radius 1 is 1.05 bits per heavy atom. The van der Waals surface area contributed by atoms with Gasteiger partial charge in [0, 0.05) is 23.6 Å². The molecule has 3 heteroatoms. The predicted octanol–water partition coefficient (Wildman–Crippen LogP) is 3.82. The van der Waals surface area contributed by atoms with Gasteiger partial charge in [0.15, 0.2) is 0 Å². The number of aliphatic hydroxyl groups is 1. The molecule has 1 aromatic carbocycles. The van der Waals surface area contributed by atoms with Crippen LogP contribution in [0.1, 0.15) is 70.3 Å². The lowest BCUT2D eigenvalue weighted by Gasteiger charge is -2.33. The summed E-state index contributed by atoms with van der Waals surface area (Å²) in [5.74, 6) is -0.0782. The minimum atomic E-state index is -0.864. The standard InChI is InChI=1S/C18H29NO2/c1-12(2)19(13(3)4)17(20)16-11-9-8-10-15(16)14(5)18(6,7)21/h8-14,21H,1-7H3/t14-/m1/s1. The Morgan fingerprint density at radius 2 is 1.52 bits per heavy atom. The first kappa shape index (κ1) is 17.7. The van der Waals surface area contributed by atoms with Crippen LogP contribution in [-0.2, 0) is 0 Å². The van der Waals surface area contributed by atoms with Gasteiger partial charge in [-0.3, -0.25) is 4.79 Å². The predicted molar refractivity (Wildman–Crippen MR) is 87.6 cm³/mol. The molecule has 0 aromatic heterocycles. The van der Waals surface area contributed by atoms with E-state index in [1.165, 1.54) is 0 Å². The lowest BCUT2D eigenvalue weighted by molar-refractivity contribution is 0.0540. The Bertz CT molecular complexity index is 478. The smallest absolute Gasteiger partial charge is 0.254 e. The van der Waals surface area contributed by atoms with Crippen molar-refractivity contribution in [2.75, 3.05) is 0 Å². The second-order valence-corrected chi connectivity index (χ2v) is 6.86. The number of amides is 1. The summed E-state index contributed by atoms with van der Waals surface area (Å²) in [5.41, 5.74) is 0.729. The average molecular weight is 291 g/mol. The molecule has 1 rings (SSSR count). The maximum absolute atomic E-state index is 12.9. The van der Waals surface area contributed by atoms with Crippen LogP contribution in [0.25, 0.3) is 0 Å². The van der Waals surface area contributed by atoms with Crippen molar-refractivity contribution in [3.05, 3.63) is 35.4 Å². The minimum absolute atomic E-state index is 0.0340. The van der Waals surface area contributed by atoms with E-state index in [9.17, 15) is 9.90 Å². The number of hydrogen-bond donors (Lipinski definition) is 1.